The van der Waals surface area contributed by atoms with Gasteiger partial charge in [0.1, 0.15) is 5.29 Å². The predicted molar refractivity (Wildman–Crippen MR) is 131 cm³/mol. The second kappa shape index (κ2) is 10.9. The van der Waals surface area contributed by atoms with Crippen LogP contribution in [0.2, 0.25) is 0 Å². The van der Waals surface area contributed by atoms with E-state index in [4.69, 9.17) is 0 Å². The van der Waals surface area contributed by atoms with E-state index in [0.29, 0.717) is 28.8 Å². The summed E-state index contributed by atoms with van der Waals surface area (Å²) >= 11 is 0. The zero-order chi connectivity index (χ0) is 24.8. The minimum atomic E-state index is -5.23. The van der Waals surface area contributed by atoms with Gasteiger partial charge in [-0.25, -0.2) is 4.79 Å². The number of esters is 1. The van der Waals surface area contributed by atoms with Crippen molar-refractivity contribution in [1.82, 2.24) is 0 Å². The Morgan fingerprint density at radius 2 is 1.09 bits per heavy atom. The van der Waals surface area contributed by atoms with E-state index in [1.54, 1.807) is 105 Å². The SMILES string of the molecule is CCC(CC)C(=O)C(C(=O)OC(F)(F)F)=P(c1ccccc1)(c1ccccc1)c1ccccc1. The van der Waals surface area contributed by atoms with E-state index >= 15 is 0 Å². The molecule has 0 radical (unpaired) electrons. The van der Waals surface area contributed by atoms with Gasteiger partial charge < -0.3 is 4.74 Å². The molecule has 7 heteroatoms. The number of alkyl halides is 3. The smallest absolute Gasteiger partial charge is 0.369 e. The van der Waals surface area contributed by atoms with E-state index in [-0.39, 0.29) is 0 Å². The van der Waals surface area contributed by atoms with E-state index in [0.717, 1.165) is 0 Å². The molecule has 0 saturated carbocycles. The molecule has 178 valence electrons. The van der Waals surface area contributed by atoms with Crippen molar-refractivity contribution in [1.29, 1.82) is 0 Å². The Hall–Kier alpha value is -3.11. The molecule has 3 rings (SSSR count). The van der Waals surface area contributed by atoms with Crippen LogP contribution in [0.3, 0.4) is 0 Å². The number of benzene rings is 3. The zero-order valence-electron chi connectivity index (χ0n) is 19.0. The number of ketones is 1. The fraction of sp³-hybridized carbons (Fsp3) is 0.222. The van der Waals surface area contributed by atoms with Crippen LogP contribution in [0.5, 0.6) is 0 Å². The molecule has 0 aliphatic rings. The molecule has 0 aliphatic heterocycles. The molecule has 3 aromatic carbocycles. The average molecular weight is 486 g/mol. The van der Waals surface area contributed by atoms with E-state index < -0.39 is 36.2 Å². The van der Waals surface area contributed by atoms with E-state index in [9.17, 15) is 22.8 Å². The van der Waals surface area contributed by atoms with Crippen LogP contribution in [-0.4, -0.2) is 23.4 Å². The van der Waals surface area contributed by atoms with Crippen molar-refractivity contribution >= 4 is 39.8 Å². The van der Waals surface area contributed by atoms with Crippen molar-refractivity contribution in [3.05, 3.63) is 91.0 Å². The first-order valence-corrected chi connectivity index (χ1v) is 12.8. The fourth-order valence-electron chi connectivity index (χ4n) is 4.20. The lowest BCUT2D eigenvalue weighted by atomic mass is 9.96. The van der Waals surface area contributed by atoms with Crippen LogP contribution in [0.4, 0.5) is 13.2 Å². The number of carbonyl (C=O) groups is 2. The highest BCUT2D eigenvalue weighted by molar-refractivity contribution is 7.97. The largest absolute Gasteiger partial charge is 0.575 e. The first kappa shape index (κ1) is 25.5. The third-order valence-electron chi connectivity index (χ3n) is 5.76. The summed E-state index contributed by atoms with van der Waals surface area (Å²) in [7, 11) is 0. The minimum absolute atomic E-state index is 0.385. The number of hydrogen-bond acceptors (Lipinski definition) is 3. The van der Waals surface area contributed by atoms with Crippen molar-refractivity contribution < 1.29 is 27.5 Å². The van der Waals surface area contributed by atoms with E-state index in [1.165, 1.54) is 0 Å². The lowest BCUT2D eigenvalue weighted by Gasteiger charge is -2.32. The summed E-state index contributed by atoms with van der Waals surface area (Å²) in [5.41, 5.74) is 0. The third kappa shape index (κ3) is 5.18. The van der Waals surface area contributed by atoms with Gasteiger partial charge in [0.15, 0.2) is 5.78 Å². The van der Waals surface area contributed by atoms with Crippen LogP contribution in [0.15, 0.2) is 91.0 Å². The van der Waals surface area contributed by atoms with Crippen molar-refractivity contribution in [2.45, 2.75) is 33.1 Å². The number of Topliss-reactive ketones (excluding diaryl/α,β-unsaturated/α-hetero) is 1. The Balaban J connectivity index is 2.62. The van der Waals surface area contributed by atoms with Crippen molar-refractivity contribution in [3.63, 3.8) is 0 Å². The summed E-state index contributed by atoms with van der Waals surface area (Å²) in [6.45, 7) is 0.219. The molecular weight excluding hydrogens is 460 g/mol. The van der Waals surface area contributed by atoms with Gasteiger partial charge in [-0.05, 0) is 35.6 Å². The first-order valence-electron chi connectivity index (χ1n) is 11.0. The first-order chi connectivity index (χ1) is 16.3. The normalized spacial score (nSPS) is 11.8. The van der Waals surface area contributed by atoms with Crippen LogP contribution in [0, 0.1) is 5.92 Å². The minimum Gasteiger partial charge on any atom is -0.369 e. The monoisotopic (exact) mass is 486 g/mol. The molecule has 0 fully saturated rings. The van der Waals surface area contributed by atoms with Gasteiger partial charge in [-0.2, -0.15) is 0 Å². The molecule has 0 aromatic heterocycles. The van der Waals surface area contributed by atoms with Gasteiger partial charge in [0.05, 0.1) is 0 Å². The molecule has 0 heterocycles. The molecule has 0 bridgehead atoms. The topological polar surface area (TPSA) is 43.4 Å². The van der Waals surface area contributed by atoms with Crippen molar-refractivity contribution in [3.8, 4) is 0 Å². The number of halogens is 3. The highest BCUT2D eigenvalue weighted by Gasteiger charge is 2.43. The summed E-state index contributed by atoms with van der Waals surface area (Å²) in [5, 5.41) is 1.35. The Morgan fingerprint density at radius 3 is 1.38 bits per heavy atom. The van der Waals surface area contributed by atoms with Gasteiger partial charge in [-0.1, -0.05) is 105 Å². The molecule has 0 amide bonds. The zero-order valence-corrected chi connectivity index (χ0v) is 19.9. The Labute approximate surface area is 197 Å². The lowest BCUT2D eigenvalue weighted by Crippen LogP contribution is -2.42. The molecule has 0 aliphatic carbocycles. The molecule has 3 aromatic rings. The maximum Gasteiger partial charge on any atom is 0.575 e. The van der Waals surface area contributed by atoms with E-state index in [1.807, 2.05) is 0 Å². The van der Waals surface area contributed by atoms with Gasteiger partial charge in [-0.3, -0.25) is 4.79 Å². The Bertz CT molecular complexity index is 1070. The van der Waals surface area contributed by atoms with Crippen LogP contribution in [-0.2, 0) is 14.3 Å². The predicted octanol–water partition coefficient (Wildman–Crippen LogP) is 5.22. The van der Waals surface area contributed by atoms with Crippen LogP contribution >= 0.6 is 6.89 Å². The highest BCUT2D eigenvalue weighted by Crippen LogP contribution is 2.47. The molecule has 0 unspecified atom stereocenters. The van der Waals surface area contributed by atoms with Gasteiger partial charge in [0.25, 0.3) is 0 Å². The molecule has 3 nitrogen and oxygen atoms in total. The summed E-state index contributed by atoms with van der Waals surface area (Å²) < 4.78 is 44.0. The van der Waals surface area contributed by atoms with Gasteiger partial charge in [0, 0.05) is 5.92 Å². The average Bonchev–Trinajstić information content (AvgIpc) is 2.83. The van der Waals surface area contributed by atoms with Crippen molar-refractivity contribution in [2.75, 3.05) is 0 Å². The summed E-state index contributed by atoms with van der Waals surface area (Å²) in [6, 6.07) is 26.4. The van der Waals surface area contributed by atoms with Crippen molar-refractivity contribution in [2.24, 2.45) is 5.92 Å². The van der Waals surface area contributed by atoms with Crippen LogP contribution in [0.1, 0.15) is 26.7 Å². The second-order valence-electron chi connectivity index (χ2n) is 7.74. The fourth-order valence-corrected chi connectivity index (χ4v) is 8.56. The summed E-state index contributed by atoms with van der Waals surface area (Å²) in [6.07, 6.45) is -4.46. The number of rotatable bonds is 8. The number of hydrogen-bond donors (Lipinski definition) is 0. The van der Waals surface area contributed by atoms with Gasteiger partial charge >= 0.3 is 12.3 Å². The number of ether oxygens (including phenoxy) is 1. The Morgan fingerprint density at radius 1 is 0.735 bits per heavy atom. The highest BCUT2D eigenvalue weighted by atomic mass is 31.2. The summed E-state index contributed by atoms with van der Waals surface area (Å²) in [5.74, 6) is -2.87. The molecule has 0 saturated heterocycles. The summed E-state index contributed by atoms with van der Waals surface area (Å²) in [4.78, 5) is 27.3. The second-order valence-corrected chi connectivity index (χ2v) is 11.1. The maximum absolute atomic E-state index is 13.9. The van der Waals surface area contributed by atoms with Crippen LogP contribution < -0.4 is 15.9 Å². The quantitative estimate of drug-likeness (QED) is 0.249. The standard InChI is InChI=1S/C27H26F3O3P/c1-3-20(4-2)24(31)25(26(32)33-27(28,29)30)34(21-14-8-5-9-15-21,22-16-10-6-11-17-22)23-18-12-7-13-19-23/h5-20H,3-4H2,1-2H3. The van der Waals surface area contributed by atoms with Gasteiger partial charge in [-0.15, -0.1) is 13.2 Å². The molecule has 0 atom stereocenters. The van der Waals surface area contributed by atoms with Gasteiger partial charge in [0.2, 0.25) is 0 Å². The molecular formula is C27H26F3O3P. The third-order valence-corrected chi connectivity index (χ3v) is 10.0. The lowest BCUT2D eigenvalue weighted by molar-refractivity contribution is -0.301. The molecule has 0 spiro atoms. The van der Waals surface area contributed by atoms with E-state index in [2.05, 4.69) is 4.74 Å². The maximum atomic E-state index is 13.9. The molecule has 0 N–H and O–H groups in total. The Kier molecular flexibility index (Phi) is 8.16. The molecule has 34 heavy (non-hydrogen) atoms. The number of carbonyl (C=O) groups excluding carboxylic acids is 2. The van der Waals surface area contributed by atoms with Crippen LogP contribution in [0.25, 0.3) is 0 Å².